The van der Waals surface area contributed by atoms with Crippen molar-refractivity contribution in [2.45, 2.75) is 39.2 Å². The molecule has 142 valence electrons. The fourth-order valence-corrected chi connectivity index (χ4v) is 4.00. The molecule has 4 rings (SSSR count). The molecule has 6 heteroatoms. The zero-order chi connectivity index (χ0) is 19.0. The second-order valence-corrected chi connectivity index (χ2v) is 7.08. The molecule has 2 aromatic heterocycles. The molecule has 0 spiro atoms. The van der Waals surface area contributed by atoms with Crippen LogP contribution in [0.15, 0.2) is 35.0 Å². The van der Waals surface area contributed by atoms with Crippen LogP contribution < -0.4 is 4.74 Å². The molecule has 6 nitrogen and oxygen atoms in total. The summed E-state index contributed by atoms with van der Waals surface area (Å²) in [7, 11) is 1.62. The van der Waals surface area contributed by atoms with E-state index in [2.05, 4.69) is 16.5 Å². The quantitative estimate of drug-likeness (QED) is 0.700. The number of hydrogen-bond acceptors (Lipinski definition) is 4. The Hall–Kier alpha value is -2.76. The molecule has 1 atom stereocenters. The number of ether oxygens (including phenoxy) is 1. The molecule has 0 unspecified atom stereocenters. The Kier molecular flexibility index (Phi) is 4.64. The molecule has 1 aromatic carbocycles. The SMILES string of the molecule is CCn1ccnc1[C@@H]1CCCN(C(=O)c2oc3cc(OC)ccc3c2C)C1. The number of fused-ring (bicyclic) bond motifs is 1. The van der Waals surface area contributed by atoms with Crippen molar-refractivity contribution in [2.24, 2.45) is 0 Å². The molecule has 0 N–H and O–H groups in total. The van der Waals surface area contributed by atoms with E-state index in [1.54, 1.807) is 7.11 Å². The number of hydrogen-bond donors (Lipinski definition) is 0. The highest BCUT2D eigenvalue weighted by Crippen LogP contribution is 2.31. The molecular weight excluding hydrogens is 342 g/mol. The first-order valence-corrected chi connectivity index (χ1v) is 9.49. The van der Waals surface area contributed by atoms with Crippen LogP contribution in [0.2, 0.25) is 0 Å². The third-order valence-corrected chi connectivity index (χ3v) is 5.50. The third-order valence-electron chi connectivity index (χ3n) is 5.50. The second-order valence-electron chi connectivity index (χ2n) is 7.08. The average Bonchev–Trinajstić information content (AvgIpc) is 3.31. The van der Waals surface area contributed by atoms with E-state index in [4.69, 9.17) is 9.15 Å². The van der Waals surface area contributed by atoms with Gasteiger partial charge in [0.05, 0.1) is 7.11 Å². The summed E-state index contributed by atoms with van der Waals surface area (Å²) in [6, 6.07) is 5.66. The summed E-state index contributed by atoms with van der Waals surface area (Å²) in [5.41, 5.74) is 1.57. The summed E-state index contributed by atoms with van der Waals surface area (Å²) < 4.78 is 13.4. The number of methoxy groups -OCH3 is 1. The lowest BCUT2D eigenvalue weighted by atomic mass is 9.96. The number of aromatic nitrogens is 2. The Labute approximate surface area is 158 Å². The molecule has 0 radical (unpaired) electrons. The van der Waals surface area contributed by atoms with Crippen molar-refractivity contribution in [3.8, 4) is 5.75 Å². The fraction of sp³-hybridized carbons (Fsp3) is 0.429. The van der Waals surface area contributed by atoms with Crippen molar-refractivity contribution in [2.75, 3.05) is 20.2 Å². The van der Waals surface area contributed by atoms with Gasteiger partial charge < -0.3 is 18.6 Å². The van der Waals surface area contributed by atoms with Crippen LogP contribution in [0.5, 0.6) is 5.75 Å². The molecule has 3 heterocycles. The van der Waals surface area contributed by atoms with Gasteiger partial charge in [0, 0.05) is 55.0 Å². The van der Waals surface area contributed by atoms with Gasteiger partial charge in [0.15, 0.2) is 5.76 Å². The lowest BCUT2D eigenvalue weighted by Crippen LogP contribution is -2.39. The Balaban J connectivity index is 1.60. The predicted octanol–water partition coefficient (Wildman–Crippen LogP) is 3.99. The molecule has 1 saturated heterocycles. The first kappa shape index (κ1) is 17.6. The van der Waals surface area contributed by atoms with Gasteiger partial charge >= 0.3 is 0 Å². The maximum atomic E-state index is 13.2. The van der Waals surface area contributed by atoms with Crippen molar-refractivity contribution in [1.82, 2.24) is 14.5 Å². The number of likely N-dealkylation sites (tertiary alicyclic amines) is 1. The Morgan fingerprint density at radius 1 is 1.41 bits per heavy atom. The van der Waals surface area contributed by atoms with Gasteiger partial charge in [0.25, 0.3) is 5.91 Å². The van der Waals surface area contributed by atoms with E-state index in [1.807, 2.05) is 42.4 Å². The minimum atomic E-state index is -0.0398. The molecule has 0 saturated carbocycles. The summed E-state index contributed by atoms with van der Waals surface area (Å²) in [5.74, 6) is 2.45. The molecule has 1 fully saturated rings. The van der Waals surface area contributed by atoms with Gasteiger partial charge in [-0.05, 0) is 38.8 Å². The highest BCUT2D eigenvalue weighted by atomic mass is 16.5. The van der Waals surface area contributed by atoms with Crippen LogP contribution in [0.4, 0.5) is 0 Å². The number of carbonyl (C=O) groups excluding carboxylic acids is 1. The number of carbonyl (C=O) groups is 1. The summed E-state index contributed by atoms with van der Waals surface area (Å²) in [4.78, 5) is 19.6. The van der Waals surface area contributed by atoms with Crippen LogP contribution in [-0.2, 0) is 6.54 Å². The standard InChI is InChI=1S/C21H25N3O3/c1-4-23-11-9-22-20(23)15-6-5-10-24(13-15)21(25)19-14(2)17-8-7-16(26-3)12-18(17)27-19/h7-9,11-12,15H,4-6,10,13H2,1-3H3/t15-/m1/s1. The van der Waals surface area contributed by atoms with Crippen LogP contribution in [0.25, 0.3) is 11.0 Å². The van der Waals surface area contributed by atoms with Gasteiger partial charge in [-0.1, -0.05) is 0 Å². The van der Waals surface area contributed by atoms with Gasteiger partial charge in [-0.3, -0.25) is 4.79 Å². The third kappa shape index (κ3) is 3.09. The number of aryl methyl sites for hydroxylation is 2. The van der Waals surface area contributed by atoms with E-state index in [0.717, 1.165) is 48.5 Å². The number of imidazole rings is 1. The number of furan rings is 1. The average molecular weight is 367 g/mol. The Bertz CT molecular complexity index is 972. The number of piperidine rings is 1. The van der Waals surface area contributed by atoms with E-state index >= 15 is 0 Å². The first-order valence-electron chi connectivity index (χ1n) is 9.49. The van der Waals surface area contributed by atoms with Crippen molar-refractivity contribution < 1.29 is 13.9 Å². The van der Waals surface area contributed by atoms with Crippen LogP contribution in [0, 0.1) is 6.92 Å². The van der Waals surface area contributed by atoms with E-state index < -0.39 is 0 Å². The minimum Gasteiger partial charge on any atom is -0.497 e. The van der Waals surface area contributed by atoms with Crippen LogP contribution in [-0.4, -0.2) is 40.6 Å². The number of rotatable bonds is 4. The molecule has 0 aliphatic carbocycles. The van der Waals surface area contributed by atoms with E-state index in [1.165, 1.54) is 0 Å². The van der Waals surface area contributed by atoms with E-state index in [-0.39, 0.29) is 11.8 Å². The van der Waals surface area contributed by atoms with Gasteiger partial charge in [-0.2, -0.15) is 0 Å². The van der Waals surface area contributed by atoms with Crippen molar-refractivity contribution in [3.05, 3.63) is 47.7 Å². The Morgan fingerprint density at radius 3 is 3.04 bits per heavy atom. The van der Waals surface area contributed by atoms with Crippen molar-refractivity contribution in [1.29, 1.82) is 0 Å². The number of nitrogens with zero attached hydrogens (tertiary/aromatic N) is 3. The van der Waals surface area contributed by atoms with Gasteiger partial charge in [-0.15, -0.1) is 0 Å². The zero-order valence-corrected chi connectivity index (χ0v) is 16.1. The van der Waals surface area contributed by atoms with Crippen LogP contribution in [0.1, 0.15) is 47.6 Å². The molecular formula is C21H25N3O3. The smallest absolute Gasteiger partial charge is 0.289 e. The lowest BCUT2D eigenvalue weighted by molar-refractivity contribution is 0.0672. The maximum Gasteiger partial charge on any atom is 0.289 e. The van der Waals surface area contributed by atoms with Crippen LogP contribution >= 0.6 is 0 Å². The number of benzene rings is 1. The van der Waals surface area contributed by atoms with Gasteiger partial charge in [-0.25, -0.2) is 4.98 Å². The van der Waals surface area contributed by atoms with Crippen molar-refractivity contribution in [3.63, 3.8) is 0 Å². The molecule has 1 aliphatic rings. The first-order chi connectivity index (χ1) is 13.1. The number of amides is 1. The highest BCUT2D eigenvalue weighted by Gasteiger charge is 2.30. The summed E-state index contributed by atoms with van der Waals surface area (Å²) in [6.07, 6.45) is 5.88. The minimum absolute atomic E-state index is 0.0398. The fourth-order valence-electron chi connectivity index (χ4n) is 4.00. The molecule has 3 aromatic rings. The van der Waals surface area contributed by atoms with Gasteiger partial charge in [0.2, 0.25) is 0 Å². The Morgan fingerprint density at radius 2 is 2.26 bits per heavy atom. The van der Waals surface area contributed by atoms with Crippen molar-refractivity contribution >= 4 is 16.9 Å². The largest absolute Gasteiger partial charge is 0.497 e. The molecule has 27 heavy (non-hydrogen) atoms. The second kappa shape index (κ2) is 7.10. The molecule has 1 aliphatic heterocycles. The monoisotopic (exact) mass is 367 g/mol. The summed E-state index contributed by atoms with van der Waals surface area (Å²) in [6.45, 7) is 6.38. The summed E-state index contributed by atoms with van der Waals surface area (Å²) >= 11 is 0. The normalized spacial score (nSPS) is 17.4. The molecule has 0 bridgehead atoms. The van der Waals surface area contributed by atoms with E-state index in [0.29, 0.717) is 17.9 Å². The lowest BCUT2D eigenvalue weighted by Gasteiger charge is -2.32. The molecule has 1 amide bonds. The zero-order valence-electron chi connectivity index (χ0n) is 16.1. The maximum absolute atomic E-state index is 13.2. The highest BCUT2D eigenvalue weighted by molar-refractivity contribution is 5.99. The topological polar surface area (TPSA) is 60.5 Å². The van der Waals surface area contributed by atoms with Crippen LogP contribution in [0.3, 0.4) is 0 Å². The van der Waals surface area contributed by atoms with Gasteiger partial charge in [0.1, 0.15) is 17.2 Å². The van der Waals surface area contributed by atoms with E-state index in [9.17, 15) is 4.79 Å². The predicted molar refractivity (Wildman–Crippen MR) is 103 cm³/mol. The summed E-state index contributed by atoms with van der Waals surface area (Å²) in [5, 5.41) is 0.953.